The number of likely N-dealkylation sites (tertiary alicyclic amines) is 1. The predicted molar refractivity (Wildman–Crippen MR) is 97.6 cm³/mol. The van der Waals surface area contributed by atoms with Crippen LogP contribution in [0, 0.1) is 0 Å². The third-order valence-electron chi connectivity index (χ3n) is 5.52. The van der Waals surface area contributed by atoms with E-state index in [9.17, 15) is 9.59 Å². The molecule has 3 unspecified atom stereocenters. The highest BCUT2D eigenvalue weighted by Crippen LogP contribution is 2.28. The topological polar surface area (TPSA) is 70.7 Å². The Morgan fingerprint density at radius 1 is 1.00 bits per heavy atom. The van der Waals surface area contributed by atoms with Crippen LogP contribution in [0.15, 0.2) is 30.3 Å². The average Bonchev–Trinajstić information content (AvgIpc) is 3.33. The molecule has 26 heavy (non-hydrogen) atoms. The van der Waals surface area contributed by atoms with Gasteiger partial charge in [0, 0.05) is 25.2 Å². The number of benzene rings is 1. The van der Waals surface area contributed by atoms with Gasteiger partial charge >= 0.3 is 6.03 Å². The van der Waals surface area contributed by atoms with E-state index in [0.717, 1.165) is 44.1 Å². The number of nitrogens with one attached hydrogen (secondary N) is 2. The second-order valence-corrected chi connectivity index (χ2v) is 7.58. The molecule has 6 heteroatoms. The first-order valence-corrected chi connectivity index (χ1v) is 9.75. The van der Waals surface area contributed by atoms with Gasteiger partial charge in [0.1, 0.15) is 6.04 Å². The van der Waals surface area contributed by atoms with Gasteiger partial charge in [-0.05, 0) is 44.1 Å². The molecule has 0 spiro atoms. The molecule has 1 aromatic rings. The quantitative estimate of drug-likeness (QED) is 0.869. The van der Waals surface area contributed by atoms with Gasteiger partial charge in [-0.15, -0.1) is 0 Å². The molecule has 1 saturated carbocycles. The lowest BCUT2D eigenvalue weighted by atomic mass is 9.97. The number of ether oxygens (including phenoxy) is 1. The predicted octanol–water partition coefficient (Wildman–Crippen LogP) is 2.36. The highest BCUT2D eigenvalue weighted by Gasteiger charge is 2.37. The van der Waals surface area contributed by atoms with Gasteiger partial charge in [0.05, 0.1) is 6.10 Å². The minimum atomic E-state index is -0.319. The first-order valence-electron chi connectivity index (χ1n) is 9.75. The molecule has 0 bridgehead atoms. The van der Waals surface area contributed by atoms with Crippen LogP contribution in [-0.4, -0.2) is 48.1 Å². The highest BCUT2D eigenvalue weighted by atomic mass is 16.5. The lowest BCUT2D eigenvalue weighted by Crippen LogP contribution is -2.52. The van der Waals surface area contributed by atoms with E-state index < -0.39 is 0 Å². The number of amides is 3. The molecular formula is C20H27N3O3. The Bertz CT molecular complexity index is 647. The lowest BCUT2D eigenvalue weighted by Gasteiger charge is -2.32. The van der Waals surface area contributed by atoms with Crippen molar-refractivity contribution in [2.24, 2.45) is 0 Å². The fraction of sp³-hybridized carbons (Fsp3) is 0.600. The van der Waals surface area contributed by atoms with E-state index in [2.05, 4.69) is 22.8 Å². The van der Waals surface area contributed by atoms with Gasteiger partial charge in [0.15, 0.2) is 0 Å². The molecule has 0 radical (unpaired) electrons. The van der Waals surface area contributed by atoms with Crippen molar-refractivity contribution < 1.29 is 14.3 Å². The van der Waals surface area contributed by atoms with Crippen molar-refractivity contribution >= 4 is 11.9 Å². The van der Waals surface area contributed by atoms with Gasteiger partial charge in [-0.1, -0.05) is 30.3 Å². The maximum atomic E-state index is 12.8. The van der Waals surface area contributed by atoms with Gasteiger partial charge < -0.3 is 20.3 Å². The van der Waals surface area contributed by atoms with Crippen molar-refractivity contribution in [1.29, 1.82) is 0 Å². The zero-order valence-corrected chi connectivity index (χ0v) is 15.0. The Balaban J connectivity index is 1.34. The maximum absolute atomic E-state index is 12.8. The summed E-state index contributed by atoms with van der Waals surface area (Å²) < 4.78 is 5.88. The van der Waals surface area contributed by atoms with Gasteiger partial charge in [0.2, 0.25) is 5.91 Å². The van der Waals surface area contributed by atoms with E-state index in [1.807, 2.05) is 18.2 Å². The SMILES string of the molecule is O=C(NC1CC1)C1CCCN1C(=O)NC1CCOC(c2ccccc2)C1. The molecule has 140 valence electrons. The summed E-state index contributed by atoms with van der Waals surface area (Å²) in [6, 6.07) is 10.1. The molecule has 3 aliphatic rings. The van der Waals surface area contributed by atoms with Crippen LogP contribution in [0.1, 0.15) is 50.2 Å². The van der Waals surface area contributed by atoms with Crippen LogP contribution in [0.3, 0.4) is 0 Å². The molecule has 1 aliphatic carbocycles. The monoisotopic (exact) mass is 357 g/mol. The molecule has 2 heterocycles. The van der Waals surface area contributed by atoms with E-state index in [1.165, 1.54) is 0 Å². The number of carbonyl (C=O) groups excluding carboxylic acids is 2. The summed E-state index contributed by atoms with van der Waals surface area (Å²) in [6.07, 6.45) is 5.36. The van der Waals surface area contributed by atoms with E-state index in [-0.39, 0.29) is 30.1 Å². The van der Waals surface area contributed by atoms with E-state index in [0.29, 0.717) is 19.2 Å². The fourth-order valence-corrected chi connectivity index (χ4v) is 3.89. The third-order valence-corrected chi connectivity index (χ3v) is 5.52. The summed E-state index contributed by atoms with van der Waals surface area (Å²) >= 11 is 0. The number of hydrogen-bond donors (Lipinski definition) is 2. The Morgan fingerprint density at radius 2 is 1.81 bits per heavy atom. The first-order chi connectivity index (χ1) is 12.7. The van der Waals surface area contributed by atoms with Gasteiger partial charge in [0.25, 0.3) is 0 Å². The van der Waals surface area contributed by atoms with Gasteiger partial charge in [-0.25, -0.2) is 4.79 Å². The lowest BCUT2D eigenvalue weighted by molar-refractivity contribution is -0.124. The molecule has 2 saturated heterocycles. The number of carbonyl (C=O) groups is 2. The largest absolute Gasteiger partial charge is 0.373 e. The zero-order chi connectivity index (χ0) is 17.9. The normalized spacial score (nSPS) is 28.6. The standard InChI is InChI=1S/C20H27N3O3/c24-19(21-15-8-9-15)17-7-4-11-23(17)20(25)22-16-10-12-26-18(13-16)14-5-2-1-3-6-14/h1-3,5-6,15-18H,4,7-13H2,(H,21,24)(H,22,25). The van der Waals surface area contributed by atoms with E-state index >= 15 is 0 Å². The Hall–Kier alpha value is -2.08. The van der Waals surface area contributed by atoms with Crippen LogP contribution in [0.25, 0.3) is 0 Å². The summed E-state index contributed by atoms with van der Waals surface area (Å²) in [7, 11) is 0. The summed E-state index contributed by atoms with van der Waals surface area (Å²) in [5.74, 6) is 0.00860. The van der Waals surface area contributed by atoms with Crippen LogP contribution in [-0.2, 0) is 9.53 Å². The van der Waals surface area contributed by atoms with Crippen LogP contribution < -0.4 is 10.6 Å². The minimum Gasteiger partial charge on any atom is -0.373 e. The molecule has 6 nitrogen and oxygen atoms in total. The van der Waals surface area contributed by atoms with Crippen molar-refractivity contribution in [2.45, 2.75) is 62.8 Å². The molecular weight excluding hydrogens is 330 g/mol. The number of urea groups is 1. The molecule has 3 amide bonds. The highest BCUT2D eigenvalue weighted by molar-refractivity contribution is 5.88. The molecule has 2 N–H and O–H groups in total. The van der Waals surface area contributed by atoms with Crippen LogP contribution in [0.5, 0.6) is 0 Å². The fourth-order valence-electron chi connectivity index (χ4n) is 3.89. The summed E-state index contributed by atoms with van der Waals surface area (Å²) in [5.41, 5.74) is 1.15. The molecule has 4 rings (SSSR count). The van der Waals surface area contributed by atoms with Gasteiger partial charge in [-0.3, -0.25) is 4.79 Å². The number of nitrogens with zero attached hydrogens (tertiary/aromatic N) is 1. The zero-order valence-electron chi connectivity index (χ0n) is 15.0. The molecule has 3 fully saturated rings. The second-order valence-electron chi connectivity index (χ2n) is 7.58. The Morgan fingerprint density at radius 3 is 2.58 bits per heavy atom. The van der Waals surface area contributed by atoms with Crippen molar-refractivity contribution in [3.8, 4) is 0 Å². The van der Waals surface area contributed by atoms with Crippen LogP contribution >= 0.6 is 0 Å². The van der Waals surface area contributed by atoms with Crippen molar-refractivity contribution in [1.82, 2.24) is 15.5 Å². The summed E-state index contributed by atoms with van der Waals surface area (Å²) in [5, 5.41) is 6.17. The third kappa shape index (κ3) is 4.01. The smallest absolute Gasteiger partial charge is 0.318 e. The Kier molecular flexibility index (Phi) is 5.11. The number of rotatable bonds is 4. The molecule has 0 aromatic heterocycles. The van der Waals surface area contributed by atoms with Crippen molar-refractivity contribution in [2.75, 3.05) is 13.2 Å². The molecule has 2 aliphatic heterocycles. The second kappa shape index (κ2) is 7.66. The van der Waals surface area contributed by atoms with E-state index in [1.54, 1.807) is 4.90 Å². The molecule has 3 atom stereocenters. The Labute approximate surface area is 154 Å². The maximum Gasteiger partial charge on any atom is 0.318 e. The first kappa shape index (κ1) is 17.3. The average molecular weight is 357 g/mol. The van der Waals surface area contributed by atoms with Crippen LogP contribution in [0.2, 0.25) is 0 Å². The summed E-state index contributed by atoms with van der Waals surface area (Å²) in [6.45, 7) is 1.29. The minimum absolute atomic E-state index is 0.00860. The van der Waals surface area contributed by atoms with Crippen LogP contribution in [0.4, 0.5) is 4.79 Å². The summed E-state index contributed by atoms with van der Waals surface area (Å²) in [4.78, 5) is 26.9. The van der Waals surface area contributed by atoms with Crippen molar-refractivity contribution in [3.63, 3.8) is 0 Å². The van der Waals surface area contributed by atoms with E-state index in [4.69, 9.17) is 4.74 Å². The van der Waals surface area contributed by atoms with Crippen molar-refractivity contribution in [3.05, 3.63) is 35.9 Å². The number of hydrogen-bond acceptors (Lipinski definition) is 3. The van der Waals surface area contributed by atoms with Gasteiger partial charge in [-0.2, -0.15) is 0 Å². The molecule has 1 aromatic carbocycles.